The molecule has 162 valence electrons. The molecule has 1 aliphatic heterocycles. The van der Waals surface area contributed by atoms with Crippen LogP contribution >= 0.6 is 0 Å². The van der Waals surface area contributed by atoms with Crippen LogP contribution in [0, 0.1) is 5.92 Å². The second-order valence-electron chi connectivity index (χ2n) is 7.74. The molecular formula is C23H37N3O3. The first-order valence-electron chi connectivity index (χ1n) is 11.1. The SMILES string of the molecule is CCCCC(CC)C(=O)NC(Cc1ccccc1)C(=O)NCCN1CCOCC1. The van der Waals surface area contributed by atoms with Crippen LogP contribution in [0.4, 0.5) is 0 Å². The number of carbonyl (C=O) groups is 2. The van der Waals surface area contributed by atoms with Crippen LogP contribution < -0.4 is 10.6 Å². The summed E-state index contributed by atoms with van der Waals surface area (Å²) in [5.74, 6) is -0.152. The number of unbranched alkanes of at least 4 members (excludes halogenated alkanes) is 1. The zero-order chi connectivity index (χ0) is 20.9. The molecule has 1 saturated heterocycles. The molecule has 0 aliphatic carbocycles. The maximum Gasteiger partial charge on any atom is 0.242 e. The maximum atomic E-state index is 12.9. The molecule has 0 bridgehead atoms. The predicted octanol–water partition coefficient (Wildman–Crippen LogP) is 2.38. The maximum absolute atomic E-state index is 12.9. The van der Waals surface area contributed by atoms with Gasteiger partial charge in [-0.2, -0.15) is 0 Å². The van der Waals surface area contributed by atoms with Gasteiger partial charge in [-0.25, -0.2) is 0 Å². The van der Waals surface area contributed by atoms with Crippen LogP contribution in [-0.2, 0) is 20.7 Å². The third-order valence-electron chi connectivity index (χ3n) is 5.52. The first-order valence-corrected chi connectivity index (χ1v) is 11.1. The molecule has 2 amide bonds. The highest BCUT2D eigenvalue weighted by Gasteiger charge is 2.25. The lowest BCUT2D eigenvalue weighted by atomic mass is 9.97. The van der Waals surface area contributed by atoms with E-state index in [0.29, 0.717) is 13.0 Å². The first-order chi connectivity index (χ1) is 14.1. The highest BCUT2D eigenvalue weighted by Crippen LogP contribution is 2.14. The molecule has 2 unspecified atom stereocenters. The Kier molecular flexibility index (Phi) is 10.7. The zero-order valence-electron chi connectivity index (χ0n) is 18.0. The Hall–Kier alpha value is -1.92. The van der Waals surface area contributed by atoms with E-state index < -0.39 is 6.04 Å². The van der Waals surface area contributed by atoms with Gasteiger partial charge in [-0.05, 0) is 18.4 Å². The lowest BCUT2D eigenvalue weighted by Crippen LogP contribution is -2.51. The molecule has 2 N–H and O–H groups in total. The Morgan fingerprint density at radius 2 is 1.83 bits per heavy atom. The van der Waals surface area contributed by atoms with Gasteiger partial charge in [-0.3, -0.25) is 14.5 Å². The van der Waals surface area contributed by atoms with Crippen molar-refractivity contribution in [2.45, 2.75) is 52.0 Å². The summed E-state index contributed by atoms with van der Waals surface area (Å²) in [4.78, 5) is 28.0. The molecule has 6 heteroatoms. The number of amides is 2. The van der Waals surface area contributed by atoms with Gasteiger partial charge in [0.25, 0.3) is 0 Å². The first kappa shape index (κ1) is 23.4. The Labute approximate surface area is 175 Å². The van der Waals surface area contributed by atoms with Crippen LogP contribution in [0.2, 0.25) is 0 Å². The Bertz CT molecular complexity index is 603. The molecule has 1 aromatic carbocycles. The smallest absolute Gasteiger partial charge is 0.242 e. The monoisotopic (exact) mass is 403 g/mol. The standard InChI is InChI=1S/C23H37N3O3/c1-3-5-11-20(4-2)22(27)25-21(18-19-9-7-6-8-10-19)23(28)24-12-13-26-14-16-29-17-15-26/h6-10,20-21H,3-5,11-18H2,1-2H3,(H,24,28)(H,25,27). The second kappa shape index (κ2) is 13.3. The van der Waals surface area contributed by atoms with Gasteiger partial charge in [0.15, 0.2) is 0 Å². The molecule has 1 aliphatic rings. The van der Waals surface area contributed by atoms with Crippen molar-refractivity contribution in [2.24, 2.45) is 5.92 Å². The van der Waals surface area contributed by atoms with Crippen LogP contribution in [-0.4, -0.2) is 62.1 Å². The number of morpholine rings is 1. The lowest BCUT2D eigenvalue weighted by Gasteiger charge is -2.27. The van der Waals surface area contributed by atoms with E-state index in [1.54, 1.807) is 0 Å². The van der Waals surface area contributed by atoms with Crippen molar-refractivity contribution in [3.8, 4) is 0 Å². The van der Waals surface area contributed by atoms with Crippen LogP contribution in [0.25, 0.3) is 0 Å². The number of ether oxygens (including phenoxy) is 1. The number of carbonyl (C=O) groups excluding carboxylic acids is 2. The average Bonchev–Trinajstić information content (AvgIpc) is 2.75. The van der Waals surface area contributed by atoms with Crippen LogP contribution in [0.1, 0.15) is 45.1 Å². The van der Waals surface area contributed by atoms with Crippen molar-refractivity contribution in [3.63, 3.8) is 0 Å². The quantitative estimate of drug-likeness (QED) is 0.562. The van der Waals surface area contributed by atoms with Gasteiger partial charge in [-0.15, -0.1) is 0 Å². The molecule has 2 rings (SSSR count). The molecular weight excluding hydrogens is 366 g/mol. The molecule has 1 fully saturated rings. The van der Waals surface area contributed by atoms with Crippen LogP contribution in [0.15, 0.2) is 30.3 Å². The Morgan fingerprint density at radius 1 is 1.10 bits per heavy atom. The number of hydrogen-bond donors (Lipinski definition) is 2. The van der Waals surface area contributed by atoms with Gasteiger partial charge in [-0.1, -0.05) is 57.0 Å². The fourth-order valence-corrected chi connectivity index (χ4v) is 3.60. The van der Waals surface area contributed by atoms with E-state index in [9.17, 15) is 9.59 Å². The van der Waals surface area contributed by atoms with Crippen LogP contribution in [0.3, 0.4) is 0 Å². The summed E-state index contributed by atoms with van der Waals surface area (Å²) in [6.45, 7) is 8.83. The van der Waals surface area contributed by atoms with Gasteiger partial charge in [0.05, 0.1) is 13.2 Å². The van der Waals surface area contributed by atoms with E-state index in [1.165, 1.54) is 0 Å². The average molecular weight is 404 g/mol. The van der Waals surface area contributed by atoms with Crippen molar-refractivity contribution >= 4 is 11.8 Å². The van der Waals surface area contributed by atoms with E-state index >= 15 is 0 Å². The third-order valence-corrected chi connectivity index (χ3v) is 5.52. The molecule has 0 spiro atoms. The Morgan fingerprint density at radius 3 is 2.48 bits per heavy atom. The van der Waals surface area contributed by atoms with E-state index in [0.717, 1.165) is 64.1 Å². The molecule has 1 heterocycles. The summed E-state index contributed by atoms with van der Waals surface area (Å²) in [5.41, 5.74) is 1.04. The number of nitrogens with one attached hydrogen (secondary N) is 2. The summed E-state index contributed by atoms with van der Waals surface area (Å²) in [6.07, 6.45) is 4.26. The largest absolute Gasteiger partial charge is 0.379 e. The Balaban J connectivity index is 1.93. The van der Waals surface area contributed by atoms with Crippen molar-refractivity contribution < 1.29 is 14.3 Å². The van der Waals surface area contributed by atoms with Crippen LogP contribution in [0.5, 0.6) is 0 Å². The molecule has 0 radical (unpaired) electrons. The molecule has 1 aromatic rings. The summed E-state index contributed by atoms with van der Waals surface area (Å²) in [6, 6.07) is 9.31. The van der Waals surface area contributed by atoms with E-state index in [-0.39, 0.29) is 17.7 Å². The van der Waals surface area contributed by atoms with Crippen molar-refractivity contribution in [3.05, 3.63) is 35.9 Å². The fourth-order valence-electron chi connectivity index (χ4n) is 3.60. The number of benzene rings is 1. The van der Waals surface area contributed by atoms with Gasteiger partial charge < -0.3 is 15.4 Å². The molecule has 6 nitrogen and oxygen atoms in total. The fraction of sp³-hybridized carbons (Fsp3) is 0.652. The lowest BCUT2D eigenvalue weighted by molar-refractivity contribution is -0.131. The van der Waals surface area contributed by atoms with Crippen molar-refractivity contribution in [1.82, 2.24) is 15.5 Å². The highest BCUT2D eigenvalue weighted by molar-refractivity contribution is 5.88. The summed E-state index contributed by atoms with van der Waals surface area (Å²) >= 11 is 0. The number of rotatable bonds is 12. The number of hydrogen-bond acceptors (Lipinski definition) is 4. The molecule has 29 heavy (non-hydrogen) atoms. The second-order valence-corrected chi connectivity index (χ2v) is 7.74. The van der Waals surface area contributed by atoms with Gasteiger partial charge in [0.2, 0.25) is 11.8 Å². The molecule has 0 aromatic heterocycles. The van der Waals surface area contributed by atoms with E-state index in [4.69, 9.17) is 4.74 Å². The van der Waals surface area contributed by atoms with Gasteiger partial charge in [0.1, 0.15) is 6.04 Å². The zero-order valence-corrected chi connectivity index (χ0v) is 18.0. The van der Waals surface area contributed by atoms with E-state index in [2.05, 4.69) is 22.5 Å². The van der Waals surface area contributed by atoms with Crippen molar-refractivity contribution in [2.75, 3.05) is 39.4 Å². The minimum atomic E-state index is -0.551. The highest BCUT2D eigenvalue weighted by atomic mass is 16.5. The van der Waals surface area contributed by atoms with Gasteiger partial charge in [0, 0.05) is 38.5 Å². The summed E-state index contributed by atoms with van der Waals surface area (Å²) in [7, 11) is 0. The summed E-state index contributed by atoms with van der Waals surface area (Å²) < 4.78 is 5.36. The molecule has 0 saturated carbocycles. The third kappa shape index (κ3) is 8.54. The minimum Gasteiger partial charge on any atom is -0.379 e. The van der Waals surface area contributed by atoms with Crippen molar-refractivity contribution in [1.29, 1.82) is 0 Å². The van der Waals surface area contributed by atoms with E-state index in [1.807, 2.05) is 37.3 Å². The molecule has 2 atom stereocenters. The normalized spacial score (nSPS) is 16.8. The predicted molar refractivity (Wildman–Crippen MR) is 116 cm³/mol. The summed E-state index contributed by atoms with van der Waals surface area (Å²) in [5, 5.41) is 6.05. The minimum absolute atomic E-state index is 0.00906. The number of nitrogens with zero attached hydrogens (tertiary/aromatic N) is 1. The van der Waals surface area contributed by atoms with Gasteiger partial charge >= 0.3 is 0 Å². The topological polar surface area (TPSA) is 70.7 Å².